The van der Waals surface area contributed by atoms with E-state index >= 15 is 0 Å². The van der Waals surface area contributed by atoms with Crippen molar-refractivity contribution in [3.8, 4) is 0 Å². The summed E-state index contributed by atoms with van der Waals surface area (Å²) in [5.41, 5.74) is 0.598. The van der Waals surface area contributed by atoms with E-state index in [0.717, 1.165) is 19.5 Å². The van der Waals surface area contributed by atoms with Gasteiger partial charge in [-0.1, -0.05) is 31.5 Å². The van der Waals surface area contributed by atoms with Crippen molar-refractivity contribution in [1.82, 2.24) is 10.2 Å². The number of likely N-dealkylation sites (tertiary alicyclic amines) is 1. The van der Waals surface area contributed by atoms with Crippen molar-refractivity contribution in [2.75, 3.05) is 18.4 Å². The quantitative estimate of drug-likeness (QED) is 0.848. The Bertz CT molecular complexity index is 696. The van der Waals surface area contributed by atoms with Crippen molar-refractivity contribution >= 4 is 35.1 Å². The molecule has 6 nitrogen and oxygen atoms in total. The molecule has 0 aliphatic carbocycles. The molecular weight excluding hydrogens is 340 g/mol. The van der Waals surface area contributed by atoms with Crippen LogP contribution >= 0.6 is 11.6 Å². The number of carbonyl (C=O) groups excluding carboxylic acids is 2. The molecule has 1 saturated heterocycles. The Labute approximate surface area is 152 Å². The molecule has 0 bridgehead atoms. The van der Waals surface area contributed by atoms with E-state index in [4.69, 9.17) is 11.6 Å². The van der Waals surface area contributed by atoms with Gasteiger partial charge in [0.15, 0.2) is 0 Å². The second-order valence-corrected chi connectivity index (χ2v) is 7.51. The SMILES string of the molecule is CC1CC(C)CN(C2=NC(C(=O)Nc3cccc(Cl)c3)CC(=O)N2)C1. The molecule has 0 aromatic heterocycles. The van der Waals surface area contributed by atoms with Gasteiger partial charge in [-0.2, -0.15) is 0 Å². The molecular formula is C18H23ClN4O2. The Hall–Kier alpha value is -2.08. The largest absolute Gasteiger partial charge is 0.342 e. The average molecular weight is 363 g/mol. The molecule has 134 valence electrons. The number of nitrogens with one attached hydrogen (secondary N) is 2. The number of halogens is 1. The summed E-state index contributed by atoms with van der Waals surface area (Å²) in [5.74, 6) is 1.10. The van der Waals surface area contributed by atoms with E-state index in [2.05, 4.69) is 34.4 Å². The first-order valence-corrected chi connectivity index (χ1v) is 8.97. The van der Waals surface area contributed by atoms with Crippen LogP contribution in [0.25, 0.3) is 0 Å². The van der Waals surface area contributed by atoms with E-state index in [1.54, 1.807) is 24.3 Å². The van der Waals surface area contributed by atoms with Crippen molar-refractivity contribution in [1.29, 1.82) is 0 Å². The Morgan fingerprint density at radius 3 is 2.72 bits per heavy atom. The number of anilines is 1. The molecule has 1 fully saturated rings. The van der Waals surface area contributed by atoms with Gasteiger partial charge in [0.2, 0.25) is 17.8 Å². The summed E-state index contributed by atoms with van der Waals surface area (Å²) in [7, 11) is 0. The zero-order valence-corrected chi connectivity index (χ0v) is 15.2. The van der Waals surface area contributed by atoms with Crippen LogP contribution in [0.15, 0.2) is 29.3 Å². The van der Waals surface area contributed by atoms with E-state index in [0.29, 0.717) is 28.5 Å². The van der Waals surface area contributed by atoms with Crippen LogP contribution < -0.4 is 10.6 Å². The van der Waals surface area contributed by atoms with Gasteiger partial charge in [0.25, 0.3) is 0 Å². The summed E-state index contributed by atoms with van der Waals surface area (Å²) < 4.78 is 0. The highest BCUT2D eigenvalue weighted by Crippen LogP contribution is 2.22. The maximum absolute atomic E-state index is 12.5. The second-order valence-electron chi connectivity index (χ2n) is 7.07. The highest BCUT2D eigenvalue weighted by Gasteiger charge is 2.32. The number of piperidine rings is 1. The maximum Gasteiger partial charge on any atom is 0.249 e. The number of amides is 2. The van der Waals surface area contributed by atoms with Gasteiger partial charge in [-0.05, 0) is 36.5 Å². The highest BCUT2D eigenvalue weighted by molar-refractivity contribution is 6.30. The molecule has 2 N–H and O–H groups in total. The summed E-state index contributed by atoms with van der Waals surface area (Å²) in [5, 5.41) is 6.15. The lowest BCUT2D eigenvalue weighted by Crippen LogP contribution is -2.54. The third-order valence-corrected chi connectivity index (χ3v) is 4.71. The van der Waals surface area contributed by atoms with Crippen LogP contribution in [0, 0.1) is 11.8 Å². The first-order chi connectivity index (χ1) is 11.9. The van der Waals surface area contributed by atoms with Crippen LogP contribution in [-0.2, 0) is 9.59 Å². The lowest BCUT2D eigenvalue weighted by molar-refractivity contribution is -0.125. The van der Waals surface area contributed by atoms with Gasteiger partial charge >= 0.3 is 0 Å². The molecule has 0 radical (unpaired) electrons. The van der Waals surface area contributed by atoms with Gasteiger partial charge in [-0.25, -0.2) is 4.99 Å². The van der Waals surface area contributed by atoms with Crippen LogP contribution in [0.2, 0.25) is 5.02 Å². The van der Waals surface area contributed by atoms with E-state index in [1.807, 2.05) is 0 Å². The van der Waals surface area contributed by atoms with Crippen LogP contribution in [0.3, 0.4) is 0 Å². The predicted molar refractivity (Wildman–Crippen MR) is 98.6 cm³/mol. The van der Waals surface area contributed by atoms with Crippen molar-refractivity contribution < 1.29 is 9.59 Å². The van der Waals surface area contributed by atoms with E-state index in [9.17, 15) is 9.59 Å². The molecule has 3 unspecified atom stereocenters. The maximum atomic E-state index is 12.5. The van der Waals surface area contributed by atoms with Gasteiger partial charge in [0.05, 0.1) is 6.42 Å². The van der Waals surface area contributed by atoms with Crippen molar-refractivity contribution in [3.05, 3.63) is 29.3 Å². The van der Waals surface area contributed by atoms with Gasteiger partial charge in [0, 0.05) is 23.8 Å². The molecule has 1 aromatic carbocycles. The Kier molecular flexibility index (Phi) is 5.27. The number of benzene rings is 1. The first-order valence-electron chi connectivity index (χ1n) is 8.59. The van der Waals surface area contributed by atoms with Gasteiger partial charge < -0.3 is 10.2 Å². The number of carbonyl (C=O) groups is 2. The Morgan fingerprint density at radius 2 is 2.04 bits per heavy atom. The number of nitrogens with zero attached hydrogens (tertiary/aromatic N) is 2. The minimum absolute atomic E-state index is 0.0504. The predicted octanol–water partition coefficient (Wildman–Crippen LogP) is 2.50. The Balaban J connectivity index is 1.74. The lowest BCUT2D eigenvalue weighted by atomic mass is 9.92. The summed E-state index contributed by atoms with van der Waals surface area (Å²) in [6.07, 6.45) is 1.21. The molecule has 3 rings (SSSR count). The molecule has 7 heteroatoms. The van der Waals surface area contributed by atoms with Crippen LogP contribution in [0.4, 0.5) is 5.69 Å². The normalized spacial score (nSPS) is 26.7. The van der Waals surface area contributed by atoms with Crippen molar-refractivity contribution in [2.45, 2.75) is 32.7 Å². The molecule has 2 heterocycles. The van der Waals surface area contributed by atoms with Gasteiger partial charge in [-0.15, -0.1) is 0 Å². The third-order valence-electron chi connectivity index (χ3n) is 4.47. The zero-order chi connectivity index (χ0) is 18.0. The second kappa shape index (κ2) is 7.44. The fraction of sp³-hybridized carbons (Fsp3) is 0.500. The minimum Gasteiger partial charge on any atom is -0.342 e. The third kappa shape index (κ3) is 4.51. The van der Waals surface area contributed by atoms with E-state index < -0.39 is 6.04 Å². The topological polar surface area (TPSA) is 73.8 Å². The van der Waals surface area contributed by atoms with Crippen molar-refractivity contribution in [2.24, 2.45) is 16.8 Å². The monoisotopic (exact) mass is 362 g/mol. The van der Waals surface area contributed by atoms with Gasteiger partial charge in [0.1, 0.15) is 6.04 Å². The van der Waals surface area contributed by atoms with Crippen molar-refractivity contribution in [3.63, 3.8) is 0 Å². The van der Waals surface area contributed by atoms with E-state index in [1.165, 1.54) is 0 Å². The van der Waals surface area contributed by atoms with Crippen LogP contribution in [0.1, 0.15) is 26.7 Å². The molecule has 1 aromatic rings. The molecule has 0 saturated carbocycles. The molecule has 2 aliphatic heterocycles. The Morgan fingerprint density at radius 1 is 1.32 bits per heavy atom. The summed E-state index contributed by atoms with van der Waals surface area (Å²) >= 11 is 5.94. The highest BCUT2D eigenvalue weighted by atomic mass is 35.5. The number of rotatable bonds is 2. The summed E-state index contributed by atoms with van der Waals surface area (Å²) in [6.45, 7) is 6.06. The number of hydrogen-bond acceptors (Lipinski definition) is 4. The van der Waals surface area contributed by atoms with Gasteiger partial charge in [-0.3, -0.25) is 14.9 Å². The standard InChI is InChI=1S/C18H23ClN4O2/c1-11-6-12(2)10-23(9-11)18-21-15(8-16(24)22-18)17(25)20-14-5-3-4-13(19)7-14/h3-5,7,11-12,15H,6,8-10H2,1-2H3,(H,20,25)(H,21,22,24). The molecule has 0 spiro atoms. The molecule has 25 heavy (non-hydrogen) atoms. The molecule has 2 amide bonds. The summed E-state index contributed by atoms with van der Waals surface area (Å²) in [4.78, 5) is 31.2. The summed E-state index contributed by atoms with van der Waals surface area (Å²) in [6, 6.07) is 6.19. The zero-order valence-electron chi connectivity index (χ0n) is 14.5. The number of hydrogen-bond donors (Lipinski definition) is 2. The first kappa shape index (κ1) is 17.7. The minimum atomic E-state index is -0.727. The van der Waals surface area contributed by atoms with E-state index in [-0.39, 0.29) is 18.2 Å². The number of guanidine groups is 1. The van der Waals surface area contributed by atoms with Crippen LogP contribution in [0.5, 0.6) is 0 Å². The number of aliphatic imine (C=N–C) groups is 1. The smallest absolute Gasteiger partial charge is 0.249 e. The van der Waals surface area contributed by atoms with Crippen LogP contribution in [-0.4, -0.2) is 41.8 Å². The fourth-order valence-electron chi connectivity index (χ4n) is 3.52. The molecule has 2 aliphatic rings. The average Bonchev–Trinajstić information content (AvgIpc) is 2.53. The fourth-order valence-corrected chi connectivity index (χ4v) is 3.71. The lowest BCUT2D eigenvalue weighted by Gasteiger charge is -2.38. The molecule has 3 atom stereocenters.